The molecular weight excluding hydrogens is 755 g/mol. The van der Waals surface area contributed by atoms with Crippen LogP contribution in [-0.4, -0.2) is 118 Å². The highest BCUT2D eigenvalue weighted by Crippen LogP contribution is 2.53. The van der Waals surface area contributed by atoms with E-state index in [1.165, 1.54) is 20.6 Å². The molecule has 0 bridgehead atoms. The van der Waals surface area contributed by atoms with E-state index in [9.17, 15) is 14.4 Å². The Bertz CT molecular complexity index is 2130. The molecule has 16 heteroatoms. The van der Waals surface area contributed by atoms with Crippen molar-refractivity contribution >= 4 is 24.3 Å². The lowest BCUT2D eigenvalue weighted by atomic mass is 9.90. The van der Waals surface area contributed by atoms with Gasteiger partial charge in [-0.25, -0.2) is 24.8 Å². The summed E-state index contributed by atoms with van der Waals surface area (Å²) in [5.74, 6) is 1.65. The minimum Gasteiger partial charge on any atom is -0.453 e. The third-order valence-corrected chi connectivity index (χ3v) is 12.2. The van der Waals surface area contributed by atoms with Crippen LogP contribution in [0.15, 0.2) is 65.9 Å². The van der Waals surface area contributed by atoms with E-state index in [1.807, 2.05) is 43.2 Å². The van der Waals surface area contributed by atoms with E-state index in [2.05, 4.69) is 73.7 Å². The number of hydrogen-bond donors (Lipinski definition) is 3. The maximum Gasteiger partial charge on any atom is 0.407 e. The average Bonchev–Trinajstić information content (AvgIpc) is 3.74. The van der Waals surface area contributed by atoms with Gasteiger partial charge in [-0.3, -0.25) is 14.6 Å². The lowest BCUT2D eigenvalue weighted by molar-refractivity contribution is -0.188. The molecule has 3 saturated heterocycles. The smallest absolute Gasteiger partial charge is 0.407 e. The van der Waals surface area contributed by atoms with E-state index in [-0.39, 0.29) is 41.8 Å². The Hall–Kier alpha value is -5.58. The summed E-state index contributed by atoms with van der Waals surface area (Å²) in [6.07, 6.45) is 8.18. The van der Waals surface area contributed by atoms with Crippen LogP contribution >= 0.6 is 0 Å². The van der Waals surface area contributed by atoms with Crippen LogP contribution in [0.2, 0.25) is 0 Å². The number of nitrogens with one attached hydrogen (secondary N) is 3. The van der Waals surface area contributed by atoms with Crippen molar-refractivity contribution in [3.05, 3.63) is 72.6 Å². The number of aromatic amines is 2. The zero-order valence-electron chi connectivity index (χ0n) is 34.2. The highest BCUT2D eigenvalue weighted by atomic mass is 17.2. The number of carbonyl (C=O) groups excluding carboxylic acids is 3. The Kier molecular flexibility index (Phi) is 11.8. The number of nitrogens with zero attached hydrogens (tertiary/aromatic N) is 6. The van der Waals surface area contributed by atoms with Gasteiger partial charge in [0.1, 0.15) is 29.8 Å². The predicted octanol–water partition coefficient (Wildman–Crippen LogP) is 5.70. The maximum atomic E-state index is 14.2. The number of aromatic nitrogens is 4. The van der Waals surface area contributed by atoms with Gasteiger partial charge in [0.2, 0.25) is 12.3 Å². The number of aliphatic imine (C=N–C) groups is 1. The zero-order chi connectivity index (χ0) is 41.2. The Morgan fingerprint density at radius 1 is 0.847 bits per heavy atom. The van der Waals surface area contributed by atoms with Crippen LogP contribution in [0.5, 0.6) is 0 Å². The molecule has 59 heavy (non-hydrogen) atoms. The fourth-order valence-corrected chi connectivity index (χ4v) is 8.93. The number of hydrogen-bond acceptors (Lipinski definition) is 11. The largest absolute Gasteiger partial charge is 0.453 e. The molecule has 1 unspecified atom stereocenters. The number of methoxy groups -OCH3 is 1. The van der Waals surface area contributed by atoms with E-state index in [1.54, 1.807) is 5.01 Å². The standard InChI is InChI=1S/C43H53N9O7/c1-25(2)37(46-24-59-57-5)42(54)52-34(14-17-50(52)3)39-44-22-32(47-39)28-10-6-26(7-11-28)27-8-12-29(13-9-27)33-23-45-40(48-33)36-21-31-20-35(31)51(36)41(53)38(49-43(55)56-4)30-15-18-58-19-16-30/h6-13,22-25,30-31,34-38H,14-21H2,1-5H3,(H,44,47)(H,45,48)(H,49,55)/t31?,34-,35+,36-,37-,38-/m0/s1. The minimum absolute atomic E-state index is 0.0181. The summed E-state index contributed by atoms with van der Waals surface area (Å²) in [7, 11) is 4.61. The van der Waals surface area contributed by atoms with E-state index in [4.69, 9.17) is 24.3 Å². The highest BCUT2D eigenvalue weighted by Gasteiger charge is 2.56. The first-order valence-corrected chi connectivity index (χ1v) is 20.5. The lowest BCUT2D eigenvalue weighted by Crippen LogP contribution is -2.54. The molecule has 2 aromatic heterocycles. The zero-order valence-corrected chi connectivity index (χ0v) is 34.2. The number of piperidine rings is 1. The van der Waals surface area contributed by atoms with Crippen molar-refractivity contribution in [1.82, 2.24) is 40.2 Å². The van der Waals surface area contributed by atoms with Crippen molar-refractivity contribution in [1.29, 1.82) is 0 Å². The number of carbonyl (C=O) groups is 3. The Balaban J connectivity index is 0.930. The third kappa shape index (κ3) is 8.34. The van der Waals surface area contributed by atoms with E-state index in [0.29, 0.717) is 38.5 Å². The number of amides is 3. The van der Waals surface area contributed by atoms with E-state index >= 15 is 0 Å². The Labute approximate surface area is 343 Å². The number of ether oxygens (including phenoxy) is 2. The second-order valence-corrected chi connectivity index (χ2v) is 16.2. The molecule has 0 spiro atoms. The van der Waals surface area contributed by atoms with Gasteiger partial charge in [-0.1, -0.05) is 62.4 Å². The van der Waals surface area contributed by atoms with Crippen molar-refractivity contribution in [2.45, 2.75) is 76.2 Å². The summed E-state index contributed by atoms with van der Waals surface area (Å²) in [5.41, 5.74) is 5.84. The van der Waals surface area contributed by atoms with Gasteiger partial charge in [0.05, 0.1) is 44.0 Å². The molecule has 3 N–H and O–H groups in total. The van der Waals surface area contributed by atoms with Crippen molar-refractivity contribution in [2.75, 3.05) is 41.0 Å². The molecule has 0 radical (unpaired) electrons. The van der Waals surface area contributed by atoms with Gasteiger partial charge in [0.15, 0.2) is 0 Å². The monoisotopic (exact) mass is 807 g/mol. The predicted molar refractivity (Wildman–Crippen MR) is 218 cm³/mol. The van der Waals surface area contributed by atoms with Crippen LogP contribution in [0.3, 0.4) is 0 Å². The average molecular weight is 808 g/mol. The fourth-order valence-electron chi connectivity index (χ4n) is 8.93. The molecule has 4 fully saturated rings. The molecule has 3 aliphatic heterocycles. The molecule has 6 atom stereocenters. The maximum absolute atomic E-state index is 14.2. The minimum atomic E-state index is -0.671. The summed E-state index contributed by atoms with van der Waals surface area (Å²) in [6.45, 7) is 5.75. The van der Waals surface area contributed by atoms with Crippen LogP contribution in [0.25, 0.3) is 33.6 Å². The van der Waals surface area contributed by atoms with E-state index < -0.39 is 18.2 Å². The number of alkyl carbamates (subject to hydrolysis) is 1. The van der Waals surface area contributed by atoms with Gasteiger partial charge < -0.3 is 34.5 Å². The molecule has 8 rings (SSSR count). The molecule has 2 aromatic carbocycles. The second kappa shape index (κ2) is 17.3. The Morgan fingerprint density at radius 3 is 2.02 bits per heavy atom. The molecule has 3 amide bonds. The SMILES string of the molecule is COOC=N[C@H](C(=O)N1[C@H](c2ncc(-c3ccc(-c4ccc(-c5cnc([C@@H]6CC7C[C@H]7N6C(=O)[C@@H](NC(=O)OC)C6CCOCC6)[nH]5)cc4)cc3)[nH]2)CCN1C)C(C)C. The molecule has 5 heterocycles. The van der Waals surface area contributed by atoms with Gasteiger partial charge >= 0.3 is 6.09 Å². The number of rotatable bonds is 13. The third-order valence-electron chi connectivity index (χ3n) is 12.2. The first-order valence-electron chi connectivity index (χ1n) is 20.5. The number of H-pyrrole nitrogens is 2. The van der Waals surface area contributed by atoms with Crippen LogP contribution < -0.4 is 5.32 Å². The number of fused-ring (bicyclic) bond motifs is 1. The molecule has 4 aliphatic rings. The lowest BCUT2D eigenvalue weighted by Gasteiger charge is -2.35. The van der Waals surface area contributed by atoms with Crippen LogP contribution in [-0.2, 0) is 28.8 Å². The summed E-state index contributed by atoms with van der Waals surface area (Å²) in [4.78, 5) is 72.5. The van der Waals surface area contributed by atoms with Crippen molar-refractivity contribution < 1.29 is 33.6 Å². The Morgan fingerprint density at radius 2 is 1.44 bits per heavy atom. The molecule has 4 aromatic rings. The number of benzene rings is 2. The normalized spacial score (nSPS) is 23.1. The van der Waals surface area contributed by atoms with Crippen LogP contribution in [0.4, 0.5) is 4.79 Å². The topological polar surface area (TPSA) is 180 Å². The van der Waals surface area contributed by atoms with Gasteiger partial charge in [0, 0.05) is 32.8 Å². The first kappa shape index (κ1) is 40.2. The second-order valence-electron chi connectivity index (χ2n) is 16.2. The van der Waals surface area contributed by atoms with E-state index in [0.717, 1.165) is 64.6 Å². The van der Waals surface area contributed by atoms with Gasteiger partial charge in [-0.05, 0) is 72.1 Å². The van der Waals surface area contributed by atoms with Gasteiger partial charge in [-0.15, -0.1) is 0 Å². The first-order chi connectivity index (χ1) is 28.6. The molecular formula is C43H53N9O7. The van der Waals surface area contributed by atoms with Crippen molar-refractivity contribution in [3.63, 3.8) is 0 Å². The number of likely N-dealkylation sites (tertiary alicyclic amines) is 1. The fraction of sp³-hybridized carbons (Fsp3) is 0.488. The van der Waals surface area contributed by atoms with Crippen LogP contribution in [0.1, 0.15) is 69.7 Å². The summed E-state index contributed by atoms with van der Waals surface area (Å²) < 4.78 is 10.4. The van der Waals surface area contributed by atoms with Crippen LogP contribution in [0, 0.1) is 17.8 Å². The summed E-state index contributed by atoms with van der Waals surface area (Å²) in [6, 6.07) is 15.1. The number of hydrazine groups is 1. The van der Waals surface area contributed by atoms with Crippen molar-refractivity contribution in [3.8, 4) is 33.6 Å². The quantitative estimate of drug-likeness (QED) is 0.0657. The molecule has 1 aliphatic carbocycles. The molecule has 312 valence electrons. The highest BCUT2D eigenvalue weighted by molar-refractivity contribution is 5.87. The van der Waals surface area contributed by atoms with Gasteiger partial charge in [0.25, 0.3) is 5.91 Å². The molecule has 1 saturated carbocycles. The molecule has 16 nitrogen and oxygen atoms in total. The summed E-state index contributed by atoms with van der Waals surface area (Å²) >= 11 is 0. The summed E-state index contributed by atoms with van der Waals surface area (Å²) in [5, 5.41) is 6.52. The number of imidazole rings is 2. The van der Waals surface area contributed by atoms with Gasteiger partial charge in [-0.2, -0.15) is 4.89 Å². The van der Waals surface area contributed by atoms with Crippen molar-refractivity contribution in [2.24, 2.45) is 22.7 Å².